The molecular weight excluding hydrogens is 294 g/mol. The van der Waals surface area contributed by atoms with E-state index in [1.54, 1.807) is 24.3 Å². The van der Waals surface area contributed by atoms with Crippen molar-refractivity contribution < 1.29 is 14.3 Å². The van der Waals surface area contributed by atoms with Crippen molar-refractivity contribution in [2.75, 3.05) is 58.5 Å². The van der Waals surface area contributed by atoms with Crippen LogP contribution >= 0.6 is 11.6 Å². The average Bonchev–Trinajstić information content (AvgIpc) is 2.52. The van der Waals surface area contributed by atoms with E-state index < -0.39 is 0 Å². The fourth-order valence-corrected chi connectivity index (χ4v) is 2.42. The molecule has 7 heteroatoms. The van der Waals surface area contributed by atoms with Gasteiger partial charge in [0.1, 0.15) is 5.82 Å². The molecule has 0 aliphatic carbocycles. The summed E-state index contributed by atoms with van der Waals surface area (Å²) in [6.07, 6.45) is 1.57. The average molecular weight is 314 g/mol. The van der Waals surface area contributed by atoms with Gasteiger partial charge in [-0.3, -0.25) is 4.79 Å². The Bertz CT molecular complexity index is 492. The molecule has 1 aromatic heterocycles. The van der Waals surface area contributed by atoms with E-state index in [0.717, 1.165) is 0 Å². The number of rotatable bonds is 5. The standard InChI is InChI=1S/C14H20ClN3O3/c1-17(3-6-20-2)13-12(15)9-11(10-16-13)14(19)18-4-7-21-8-5-18/h9-10H,3-8H2,1-2H3. The van der Waals surface area contributed by atoms with Crippen molar-refractivity contribution in [3.8, 4) is 0 Å². The maximum Gasteiger partial charge on any atom is 0.255 e. The summed E-state index contributed by atoms with van der Waals surface area (Å²) in [6.45, 7) is 3.62. The Morgan fingerprint density at radius 3 is 2.86 bits per heavy atom. The third-order valence-corrected chi connectivity index (χ3v) is 3.64. The highest BCUT2D eigenvalue weighted by Gasteiger charge is 2.20. The molecule has 1 aliphatic heterocycles. The first-order valence-corrected chi connectivity index (χ1v) is 7.24. The molecule has 116 valence electrons. The van der Waals surface area contributed by atoms with E-state index in [1.165, 1.54) is 0 Å². The summed E-state index contributed by atoms with van der Waals surface area (Å²) in [4.78, 5) is 20.3. The molecule has 0 aromatic carbocycles. The molecule has 0 radical (unpaired) electrons. The summed E-state index contributed by atoms with van der Waals surface area (Å²) >= 11 is 6.25. The molecule has 0 unspecified atom stereocenters. The fourth-order valence-electron chi connectivity index (χ4n) is 2.11. The summed E-state index contributed by atoms with van der Waals surface area (Å²) < 4.78 is 10.3. The zero-order valence-electron chi connectivity index (χ0n) is 12.3. The smallest absolute Gasteiger partial charge is 0.255 e. The third-order valence-electron chi connectivity index (χ3n) is 3.36. The zero-order valence-corrected chi connectivity index (χ0v) is 13.1. The first-order valence-electron chi connectivity index (χ1n) is 6.86. The lowest BCUT2D eigenvalue weighted by atomic mass is 10.2. The van der Waals surface area contributed by atoms with E-state index in [2.05, 4.69) is 4.98 Å². The van der Waals surface area contributed by atoms with Gasteiger partial charge in [-0.1, -0.05) is 11.6 Å². The molecule has 1 aliphatic rings. The van der Waals surface area contributed by atoms with Crippen LogP contribution in [0.5, 0.6) is 0 Å². The van der Waals surface area contributed by atoms with Gasteiger partial charge in [0, 0.05) is 40.0 Å². The minimum absolute atomic E-state index is 0.0567. The van der Waals surface area contributed by atoms with Crippen molar-refractivity contribution in [3.63, 3.8) is 0 Å². The predicted octanol–water partition coefficient (Wildman–Crippen LogP) is 1.29. The van der Waals surface area contributed by atoms with E-state index in [4.69, 9.17) is 21.1 Å². The molecule has 0 atom stereocenters. The number of hydrogen-bond donors (Lipinski definition) is 0. The third kappa shape index (κ3) is 4.06. The van der Waals surface area contributed by atoms with Crippen molar-refractivity contribution in [2.45, 2.75) is 0 Å². The molecule has 0 bridgehead atoms. The van der Waals surface area contributed by atoms with Gasteiger partial charge >= 0.3 is 0 Å². The maximum atomic E-state index is 12.3. The Morgan fingerprint density at radius 1 is 1.52 bits per heavy atom. The van der Waals surface area contributed by atoms with Gasteiger partial charge < -0.3 is 19.3 Å². The summed E-state index contributed by atoms with van der Waals surface area (Å²) in [5.41, 5.74) is 0.505. The minimum atomic E-state index is -0.0567. The van der Waals surface area contributed by atoms with Gasteiger partial charge in [0.25, 0.3) is 5.91 Å². The Labute approximate surface area is 129 Å². The van der Waals surface area contributed by atoms with Crippen LogP contribution in [-0.4, -0.2) is 69.4 Å². The topological polar surface area (TPSA) is 54.9 Å². The largest absolute Gasteiger partial charge is 0.383 e. The first-order chi connectivity index (χ1) is 10.1. The van der Waals surface area contributed by atoms with Gasteiger partial charge in [-0.25, -0.2) is 4.98 Å². The van der Waals surface area contributed by atoms with Crippen LogP contribution in [0.25, 0.3) is 0 Å². The highest BCUT2D eigenvalue weighted by atomic mass is 35.5. The molecule has 6 nitrogen and oxygen atoms in total. The quantitative estimate of drug-likeness (QED) is 0.820. The maximum absolute atomic E-state index is 12.3. The van der Waals surface area contributed by atoms with Crippen molar-refractivity contribution in [2.24, 2.45) is 0 Å². The van der Waals surface area contributed by atoms with Crippen molar-refractivity contribution in [1.29, 1.82) is 0 Å². The number of carbonyl (C=O) groups is 1. The molecule has 1 saturated heterocycles. The molecule has 1 fully saturated rings. The Balaban J connectivity index is 2.08. The molecule has 0 saturated carbocycles. The van der Waals surface area contributed by atoms with Crippen LogP contribution < -0.4 is 4.90 Å². The van der Waals surface area contributed by atoms with E-state index in [9.17, 15) is 4.79 Å². The van der Waals surface area contributed by atoms with E-state index >= 15 is 0 Å². The van der Waals surface area contributed by atoms with Crippen LogP contribution in [-0.2, 0) is 9.47 Å². The van der Waals surface area contributed by atoms with Crippen LogP contribution in [0.2, 0.25) is 5.02 Å². The molecule has 2 heterocycles. The normalized spacial score (nSPS) is 15.1. The Kier molecular flexibility index (Phi) is 5.78. The molecule has 0 spiro atoms. The lowest BCUT2D eigenvalue weighted by Gasteiger charge is -2.27. The molecule has 1 aromatic rings. The number of methoxy groups -OCH3 is 1. The van der Waals surface area contributed by atoms with Crippen LogP contribution in [0.4, 0.5) is 5.82 Å². The van der Waals surface area contributed by atoms with Gasteiger partial charge in [0.15, 0.2) is 0 Å². The predicted molar refractivity (Wildman–Crippen MR) is 81.1 cm³/mol. The number of halogens is 1. The van der Waals surface area contributed by atoms with Gasteiger partial charge in [-0.2, -0.15) is 0 Å². The van der Waals surface area contributed by atoms with Crippen molar-refractivity contribution in [3.05, 3.63) is 22.8 Å². The Morgan fingerprint density at radius 2 is 2.24 bits per heavy atom. The molecule has 21 heavy (non-hydrogen) atoms. The van der Waals surface area contributed by atoms with Gasteiger partial charge in [0.2, 0.25) is 0 Å². The fraction of sp³-hybridized carbons (Fsp3) is 0.571. The first kappa shape index (κ1) is 16.0. The second-order valence-corrected chi connectivity index (χ2v) is 5.26. The number of aromatic nitrogens is 1. The Hall–Kier alpha value is -1.37. The molecule has 2 rings (SSSR count). The number of anilines is 1. The number of pyridine rings is 1. The summed E-state index contributed by atoms with van der Waals surface area (Å²) in [6, 6.07) is 1.67. The highest BCUT2D eigenvalue weighted by Crippen LogP contribution is 2.23. The van der Waals surface area contributed by atoms with Gasteiger partial charge in [0.05, 0.1) is 30.4 Å². The minimum Gasteiger partial charge on any atom is -0.383 e. The van der Waals surface area contributed by atoms with Crippen molar-refractivity contribution >= 4 is 23.3 Å². The summed E-state index contributed by atoms with van der Waals surface area (Å²) in [5, 5.41) is 0.465. The summed E-state index contributed by atoms with van der Waals surface area (Å²) in [7, 11) is 3.53. The lowest BCUT2D eigenvalue weighted by Crippen LogP contribution is -2.40. The number of nitrogens with zero attached hydrogens (tertiary/aromatic N) is 3. The highest BCUT2D eigenvalue weighted by molar-refractivity contribution is 6.33. The molecule has 1 amide bonds. The van der Waals surface area contributed by atoms with Crippen LogP contribution in [0.3, 0.4) is 0 Å². The number of amides is 1. The second kappa shape index (κ2) is 7.59. The van der Waals surface area contributed by atoms with Gasteiger partial charge in [-0.05, 0) is 6.07 Å². The SMILES string of the molecule is COCCN(C)c1ncc(C(=O)N2CCOCC2)cc1Cl. The second-order valence-electron chi connectivity index (χ2n) is 4.85. The monoisotopic (exact) mass is 313 g/mol. The summed E-state index contributed by atoms with van der Waals surface area (Å²) in [5.74, 6) is 0.589. The molecular formula is C14H20ClN3O3. The number of hydrogen-bond acceptors (Lipinski definition) is 5. The molecule has 0 N–H and O–H groups in total. The number of morpholine rings is 1. The van der Waals surface area contributed by atoms with Crippen LogP contribution in [0.1, 0.15) is 10.4 Å². The van der Waals surface area contributed by atoms with E-state index in [0.29, 0.717) is 55.9 Å². The van der Waals surface area contributed by atoms with E-state index in [-0.39, 0.29) is 5.91 Å². The van der Waals surface area contributed by atoms with Crippen LogP contribution in [0, 0.1) is 0 Å². The van der Waals surface area contributed by atoms with Crippen molar-refractivity contribution in [1.82, 2.24) is 9.88 Å². The zero-order chi connectivity index (χ0) is 15.2. The number of ether oxygens (including phenoxy) is 2. The number of likely N-dealkylation sites (N-methyl/N-ethyl adjacent to an activating group) is 1. The van der Waals surface area contributed by atoms with Crippen LogP contribution in [0.15, 0.2) is 12.3 Å². The lowest BCUT2D eigenvalue weighted by molar-refractivity contribution is 0.0302. The van der Waals surface area contributed by atoms with Gasteiger partial charge in [-0.15, -0.1) is 0 Å². The number of carbonyl (C=O) groups excluding carboxylic acids is 1. The van der Waals surface area contributed by atoms with E-state index in [1.807, 2.05) is 11.9 Å².